The molecule has 1 fully saturated rings. The normalized spacial score (nSPS) is 15.6. The van der Waals surface area contributed by atoms with Gasteiger partial charge in [-0.15, -0.1) is 24.0 Å². The first-order valence-electron chi connectivity index (χ1n) is 9.96. The molecule has 0 unspecified atom stereocenters. The van der Waals surface area contributed by atoms with E-state index in [9.17, 15) is 0 Å². The third-order valence-electron chi connectivity index (χ3n) is 4.93. The predicted molar refractivity (Wildman–Crippen MR) is 120 cm³/mol. The minimum Gasteiger partial charge on any atom is -0.379 e. The van der Waals surface area contributed by atoms with Gasteiger partial charge in [0.15, 0.2) is 11.7 Å². The van der Waals surface area contributed by atoms with Gasteiger partial charge in [-0.05, 0) is 32.2 Å². The van der Waals surface area contributed by atoms with E-state index in [1.807, 2.05) is 0 Å². The molecule has 27 heavy (non-hydrogen) atoms. The summed E-state index contributed by atoms with van der Waals surface area (Å²) < 4.78 is 10.8. The first-order chi connectivity index (χ1) is 12.8. The molecular weight excluding hydrogens is 457 g/mol. The summed E-state index contributed by atoms with van der Waals surface area (Å²) in [5.41, 5.74) is 1.05. The van der Waals surface area contributed by atoms with E-state index in [2.05, 4.69) is 45.6 Å². The highest BCUT2D eigenvalue weighted by Gasteiger charge is 2.13. The topological polar surface area (TPSA) is 74.9 Å². The Hall–Kier alpha value is -0.870. The molecule has 0 amide bonds. The lowest BCUT2D eigenvalue weighted by atomic mass is 9.99. The van der Waals surface area contributed by atoms with Gasteiger partial charge in [0.25, 0.3) is 0 Å². The van der Waals surface area contributed by atoms with Gasteiger partial charge < -0.3 is 19.9 Å². The summed E-state index contributed by atoms with van der Waals surface area (Å²) in [6, 6.07) is 2.06. The van der Waals surface area contributed by atoms with E-state index in [0.717, 1.165) is 76.1 Å². The summed E-state index contributed by atoms with van der Waals surface area (Å²) in [4.78, 5) is 6.74. The molecule has 0 aromatic carbocycles. The first kappa shape index (κ1) is 24.2. The van der Waals surface area contributed by atoms with Gasteiger partial charge in [-0.25, -0.2) is 0 Å². The molecule has 0 radical (unpaired) electrons. The molecule has 0 bridgehead atoms. The van der Waals surface area contributed by atoms with Crippen LogP contribution >= 0.6 is 24.0 Å². The Bertz CT molecular complexity index is 528. The standard InChI is InChI=1S/C19H35N5O2.HI/c1-4-16(5-2)18-14-17(26-23-18)15-22-19(20-3)21-8-6-7-9-24-10-12-25-13-11-24;/h14,16H,4-13,15H2,1-3H3,(H2,20,21,22);1H. The van der Waals surface area contributed by atoms with Crippen molar-refractivity contribution in [3.05, 3.63) is 17.5 Å². The first-order valence-corrected chi connectivity index (χ1v) is 9.96. The average Bonchev–Trinajstić information content (AvgIpc) is 3.14. The number of guanidine groups is 1. The average molecular weight is 493 g/mol. The van der Waals surface area contributed by atoms with Crippen molar-refractivity contribution in [2.45, 2.75) is 52.0 Å². The van der Waals surface area contributed by atoms with Gasteiger partial charge in [-0.2, -0.15) is 0 Å². The maximum Gasteiger partial charge on any atom is 0.191 e. The lowest BCUT2D eigenvalue weighted by molar-refractivity contribution is 0.0372. The zero-order valence-electron chi connectivity index (χ0n) is 17.0. The quantitative estimate of drug-likeness (QED) is 0.226. The SMILES string of the molecule is CCC(CC)c1cc(CNC(=NC)NCCCCN2CCOCC2)on1.I. The Kier molecular flexibility index (Phi) is 12.7. The van der Waals surface area contributed by atoms with Crippen molar-refractivity contribution in [1.82, 2.24) is 20.7 Å². The summed E-state index contributed by atoms with van der Waals surface area (Å²) in [6.45, 7) is 10.9. The van der Waals surface area contributed by atoms with Crippen molar-refractivity contribution >= 4 is 29.9 Å². The molecule has 7 nitrogen and oxygen atoms in total. The summed E-state index contributed by atoms with van der Waals surface area (Å²) in [5, 5.41) is 10.9. The van der Waals surface area contributed by atoms with Gasteiger partial charge in [0.1, 0.15) is 0 Å². The molecule has 0 spiro atoms. The Morgan fingerprint density at radius 1 is 1.22 bits per heavy atom. The van der Waals surface area contributed by atoms with Crippen LogP contribution in [0.3, 0.4) is 0 Å². The number of hydrogen-bond donors (Lipinski definition) is 2. The fourth-order valence-electron chi connectivity index (χ4n) is 3.20. The van der Waals surface area contributed by atoms with Crippen LogP contribution in [0.25, 0.3) is 0 Å². The van der Waals surface area contributed by atoms with Crippen molar-refractivity contribution in [3.8, 4) is 0 Å². The fourth-order valence-corrected chi connectivity index (χ4v) is 3.20. The molecule has 1 aromatic rings. The number of nitrogens with zero attached hydrogens (tertiary/aromatic N) is 3. The van der Waals surface area contributed by atoms with Gasteiger partial charge >= 0.3 is 0 Å². The van der Waals surface area contributed by atoms with Crippen molar-refractivity contribution in [2.75, 3.05) is 46.4 Å². The van der Waals surface area contributed by atoms with Crippen molar-refractivity contribution in [3.63, 3.8) is 0 Å². The Balaban J connectivity index is 0.00000364. The number of aliphatic imine (C=N–C) groups is 1. The number of halogens is 1. The largest absolute Gasteiger partial charge is 0.379 e. The van der Waals surface area contributed by atoms with Crippen molar-refractivity contribution < 1.29 is 9.26 Å². The van der Waals surface area contributed by atoms with Crippen LogP contribution in [0.1, 0.15) is 56.9 Å². The summed E-state index contributed by atoms with van der Waals surface area (Å²) >= 11 is 0. The Morgan fingerprint density at radius 2 is 1.96 bits per heavy atom. The van der Waals surface area contributed by atoms with Crippen LogP contribution in [0.2, 0.25) is 0 Å². The molecule has 2 N–H and O–H groups in total. The van der Waals surface area contributed by atoms with Crippen LogP contribution in [-0.2, 0) is 11.3 Å². The van der Waals surface area contributed by atoms with Gasteiger partial charge in [0, 0.05) is 38.7 Å². The Labute approximate surface area is 180 Å². The lowest BCUT2D eigenvalue weighted by Crippen LogP contribution is -2.38. The summed E-state index contributed by atoms with van der Waals surface area (Å²) in [6.07, 6.45) is 4.48. The fraction of sp³-hybridized carbons (Fsp3) is 0.789. The zero-order chi connectivity index (χ0) is 18.6. The molecule has 156 valence electrons. The van der Waals surface area contributed by atoms with Crippen LogP contribution in [0.15, 0.2) is 15.6 Å². The number of unbranched alkanes of at least 4 members (excludes halogenated alkanes) is 1. The molecule has 1 aliphatic heterocycles. The monoisotopic (exact) mass is 493 g/mol. The number of nitrogens with one attached hydrogen (secondary N) is 2. The number of ether oxygens (including phenoxy) is 1. The van der Waals surface area contributed by atoms with Crippen LogP contribution in [0, 0.1) is 0 Å². The highest BCUT2D eigenvalue weighted by atomic mass is 127. The molecule has 0 aliphatic carbocycles. The minimum atomic E-state index is 0. The number of morpholine rings is 1. The molecule has 0 atom stereocenters. The van der Waals surface area contributed by atoms with Crippen LogP contribution in [0.5, 0.6) is 0 Å². The second-order valence-electron chi connectivity index (χ2n) is 6.75. The minimum absolute atomic E-state index is 0. The molecule has 2 rings (SSSR count). The zero-order valence-corrected chi connectivity index (χ0v) is 19.3. The second kappa shape index (κ2) is 14.2. The molecular formula is C19H36IN5O2. The van der Waals surface area contributed by atoms with Crippen LogP contribution in [-0.4, -0.2) is 62.5 Å². The molecule has 1 saturated heterocycles. The van der Waals surface area contributed by atoms with E-state index in [1.165, 1.54) is 6.42 Å². The molecule has 2 heterocycles. The lowest BCUT2D eigenvalue weighted by Gasteiger charge is -2.26. The van der Waals surface area contributed by atoms with E-state index in [0.29, 0.717) is 12.5 Å². The molecule has 1 aliphatic rings. The third kappa shape index (κ3) is 8.78. The highest BCUT2D eigenvalue weighted by molar-refractivity contribution is 14.0. The van der Waals surface area contributed by atoms with Crippen molar-refractivity contribution in [2.24, 2.45) is 4.99 Å². The van der Waals surface area contributed by atoms with Crippen LogP contribution < -0.4 is 10.6 Å². The maximum absolute atomic E-state index is 5.44. The van der Waals surface area contributed by atoms with Gasteiger partial charge in [0.05, 0.1) is 25.5 Å². The molecule has 0 saturated carbocycles. The van der Waals surface area contributed by atoms with E-state index in [1.54, 1.807) is 7.05 Å². The van der Waals surface area contributed by atoms with Crippen LogP contribution in [0.4, 0.5) is 0 Å². The second-order valence-corrected chi connectivity index (χ2v) is 6.75. The molecule has 1 aromatic heterocycles. The van der Waals surface area contributed by atoms with Gasteiger partial charge in [-0.1, -0.05) is 19.0 Å². The van der Waals surface area contributed by atoms with E-state index in [-0.39, 0.29) is 24.0 Å². The predicted octanol–water partition coefficient (Wildman–Crippen LogP) is 2.97. The smallest absolute Gasteiger partial charge is 0.191 e. The van der Waals surface area contributed by atoms with Gasteiger partial charge in [0.2, 0.25) is 0 Å². The summed E-state index contributed by atoms with van der Waals surface area (Å²) in [5.74, 6) is 2.13. The Morgan fingerprint density at radius 3 is 2.63 bits per heavy atom. The highest BCUT2D eigenvalue weighted by Crippen LogP contribution is 2.22. The van der Waals surface area contributed by atoms with E-state index < -0.39 is 0 Å². The molecule has 8 heteroatoms. The van der Waals surface area contributed by atoms with E-state index in [4.69, 9.17) is 9.26 Å². The summed E-state index contributed by atoms with van der Waals surface area (Å²) in [7, 11) is 1.79. The number of aromatic nitrogens is 1. The maximum atomic E-state index is 5.44. The number of rotatable bonds is 10. The van der Waals surface area contributed by atoms with E-state index >= 15 is 0 Å². The van der Waals surface area contributed by atoms with Crippen molar-refractivity contribution in [1.29, 1.82) is 0 Å². The number of hydrogen-bond acceptors (Lipinski definition) is 5. The van der Waals surface area contributed by atoms with Gasteiger partial charge in [-0.3, -0.25) is 9.89 Å². The third-order valence-corrected chi connectivity index (χ3v) is 4.93.